The van der Waals surface area contributed by atoms with Crippen molar-refractivity contribution in [2.45, 2.75) is 64.4 Å². The van der Waals surface area contributed by atoms with E-state index in [4.69, 9.17) is 5.73 Å². The Morgan fingerprint density at radius 3 is 2.31 bits per heavy atom. The maximum atomic E-state index is 14.0. The summed E-state index contributed by atoms with van der Waals surface area (Å²) in [5.41, 5.74) is 3.39. The van der Waals surface area contributed by atoms with Gasteiger partial charge in [0.2, 0.25) is 5.91 Å². The number of ketones is 4. The van der Waals surface area contributed by atoms with Crippen LogP contribution in [0.3, 0.4) is 0 Å². The molecule has 13 heteroatoms. The summed E-state index contributed by atoms with van der Waals surface area (Å²) in [7, 11) is 3.38. The van der Waals surface area contributed by atoms with E-state index >= 15 is 0 Å². The predicted molar refractivity (Wildman–Crippen MR) is 144 cm³/mol. The molecule has 0 aromatic heterocycles. The molecule has 0 spiro atoms. The molecule has 1 amide bonds. The molecule has 3 aliphatic carbocycles. The van der Waals surface area contributed by atoms with Crippen molar-refractivity contribution >= 4 is 34.7 Å². The third-order valence-electron chi connectivity index (χ3n) is 9.03. The molecule has 1 aromatic rings. The Hall–Kier alpha value is -3.32. The smallest absolute Gasteiger partial charge is 0.390 e. The molecule has 3 unspecified atom stereocenters. The summed E-state index contributed by atoms with van der Waals surface area (Å²) in [4.78, 5) is 68.4. The third kappa shape index (κ3) is 5.00. The molecule has 1 aromatic carbocycles. The summed E-state index contributed by atoms with van der Waals surface area (Å²) in [5.74, 6) is -12.8. The first-order valence-corrected chi connectivity index (χ1v) is 13.9. The first kappa shape index (κ1) is 31.6. The Bertz CT molecular complexity index is 1360. The van der Waals surface area contributed by atoms with E-state index in [-0.39, 0.29) is 30.5 Å². The van der Waals surface area contributed by atoms with Crippen LogP contribution in [0.4, 0.5) is 18.9 Å². The number of hydrogen-bond acceptors (Lipinski definition) is 9. The second kappa shape index (κ2) is 10.7. The maximum Gasteiger partial charge on any atom is 0.390 e. The Morgan fingerprint density at radius 2 is 1.79 bits per heavy atom. The van der Waals surface area contributed by atoms with Gasteiger partial charge in [0.1, 0.15) is 5.75 Å². The van der Waals surface area contributed by atoms with Crippen molar-refractivity contribution in [2.24, 2.45) is 41.2 Å². The summed E-state index contributed by atoms with van der Waals surface area (Å²) in [5, 5.41) is 25.6. The van der Waals surface area contributed by atoms with Crippen molar-refractivity contribution in [2.75, 3.05) is 19.0 Å². The normalized spacial score (nSPS) is 30.1. The Kier molecular flexibility index (Phi) is 8.09. The van der Waals surface area contributed by atoms with E-state index in [1.54, 1.807) is 38.9 Å². The molecule has 42 heavy (non-hydrogen) atoms. The third-order valence-corrected chi connectivity index (χ3v) is 9.03. The number of aliphatic hydroxyl groups is 1. The monoisotopic (exact) mass is 595 g/mol. The number of amides is 1. The zero-order chi connectivity index (χ0) is 31.6. The van der Waals surface area contributed by atoms with Gasteiger partial charge in [0.15, 0.2) is 34.7 Å². The number of benzene rings is 1. The Morgan fingerprint density at radius 1 is 1.17 bits per heavy atom. The molecule has 3 aliphatic rings. The van der Waals surface area contributed by atoms with E-state index in [2.05, 4.69) is 5.32 Å². The molecular formula is C29H36F3N3O7. The van der Waals surface area contributed by atoms with E-state index in [1.807, 2.05) is 0 Å². The van der Waals surface area contributed by atoms with Crippen LogP contribution in [0.25, 0.3) is 0 Å². The fourth-order valence-corrected chi connectivity index (χ4v) is 7.19. The zero-order valence-corrected chi connectivity index (χ0v) is 24.0. The van der Waals surface area contributed by atoms with Crippen LogP contribution < -0.4 is 16.0 Å². The lowest BCUT2D eigenvalue weighted by Crippen LogP contribution is -2.71. The van der Waals surface area contributed by atoms with Crippen molar-refractivity contribution in [1.29, 1.82) is 0 Å². The number of nitrogens with two attached hydrogens (primary N) is 1. The van der Waals surface area contributed by atoms with Gasteiger partial charge in [-0.05, 0) is 43.2 Å². The molecule has 10 nitrogen and oxygen atoms in total. The van der Waals surface area contributed by atoms with Crippen LogP contribution in [0.1, 0.15) is 55.1 Å². The minimum atomic E-state index is -4.41. The molecule has 7 atom stereocenters. The molecule has 0 saturated heterocycles. The van der Waals surface area contributed by atoms with Crippen molar-refractivity contribution in [1.82, 2.24) is 5.32 Å². The lowest BCUT2D eigenvalue weighted by atomic mass is 9.49. The van der Waals surface area contributed by atoms with Gasteiger partial charge in [-0.15, -0.1) is 0 Å². The summed E-state index contributed by atoms with van der Waals surface area (Å²) in [6.07, 6.45) is -5.48. The van der Waals surface area contributed by atoms with Gasteiger partial charge < -0.3 is 26.2 Å². The fraction of sp³-hybridized carbons (Fsp3) is 0.621. The summed E-state index contributed by atoms with van der Waals surface area (Å²) < 4.78 is 38.5. The number of nitrogens with one attached hydrogen (secondary N) is 1. The summed E-state index contributed by atoms with van der Waals surface area (Å²) >= 11 is 0. The van der Waals surface area contributed by atoms with Crippen LogP contribution in [0.15, 0.2) is 6.07 Å². The number of carbonyl (C=O) groups excluding carboxylic acids is 5. The standard InChI is InChI=1S/C29H36F3N3O7/c1-11(2)18-16-7-13-6-15-17(35(4)5)8-14(10-34-12(3)9-28(30,31)32)22(36)20(15)24(38)19(13)25(39)29(16,42)26(40)21(23(18)37)27(33)41/h8,11-13,16,18-19,21,34,36,42H,6-7,9-10H2,1-5H3,(H2,33,41)/t12?,13-,16-,18-,19?,21?,29-/m0/s1. The minimum absolute atomic E-state index is 0.0458. The van der Waals surface area contributed by atoms with Gasteiger partial charge in [-0.1, -0.05) is 13.8 Å². The Labute approximate surface area is 240 Å². The molecule has 230 valence electrons. The number of rotatable bonds is 7. The number of nitrogens with zero attached hydrogens (tertiary/aromatic N) is 1. The van der Waals surface area contributed by atoms with Crippen LogP contribution in [0.2, 0.25) is 0 Å². The SMILES string of the molecule is CC(CC(F)(F)F)NCc1cc(N(C)C)c2c(c1O)C(=O)C1C(=O)[C@]3(O)C(=O)C(C(N)=O)C(=O)[C@@H](C(C)C)[C@@H]3C[C@@H]1C2. The second-order valence-electron chi connectivity index (χ2n) is 12.4. The van der Waals surface area contributed by atoms with Crippen molar-refractivity contribution in [3.05, 3.63) is 22.8 Å². The number of phenolic OH excluding ortho intramolecular Hbond substituents is 1. The number of halogens is 3. The fourth-order valence-electron chi connectivity index (χ4n) is 7.19. The highest BCUT2D eigenvalue weighted by Gasteiger charge is 2.69. The van der Waals surface area contributed by atoms with E-state index in [0.717, 1.165) is 0 Å². The summed E-state index contributed by atoms with van der Waals surface area (Å²) in [6, 6.07) is 0.569. The van der Waals surface area contributed by atoms with Crippen LogP contribution >= 0.6 is 0 Å². The number of aromatic hydroxyl groups is 1. The molecule has 2 fully saturated rings. The van der Waals surface area contributed by atoms with Gasteiger partial charge in [0.05, 0.1) is 17.9 Å². The van der Waals surface area contributed by atoms with E-state index in [9.17, 15) is 47.4 Å². The number of carbonyl (C=O) groups is 5. The van der Waals surface area contributed by atoms with Gasteiger partial charge in [0, 0.05) is 49.8 Å². The van der Waals surface area contributed by atoms with Crippen molar-refractivity contribution < 1.29 is 47.4 Å². The topological polar surface area (TPSA) is 167 Å². The van der Waals surface area contributed by atoms with Gasteiger partial charge >= 0.3 is 6.18 Å². The van der Waals surface area contributed by atoms with Gasteiger partial charge in [0.25, 0.3) is 0 Å². The molecule has 0 aliphatic heterocycles. The van der Waals surface area contributed by atoms with Crippen molar-refractivity contribution in [3.63, 3.8) is 0 Å². The molecular weight excluding hydrogens is 559 g/mol. The number of fused-ring (bicyclic) bond motifs is 3. The first-order valence-electron chi connectivity index (χ1n) is 13.9. The first-order chi connectivity index (χ1) is 19.3. The van der Waals surface area contributed by atoms with E-state index < -0.39 is 94.5 Å². The second-order valence-corrected chi connectivity index (χ2v) is 12.4. The number of anilines is 1. The Balaban J connectivity index is 1.79. The number of hydrogen-bond donors (Lipinski definition) is 4. The molecule has 5 N–H and O–H groups in total. The number of phenols is 1. The predicted octanol–water partition coefficient (Wildman–Crippen LogP) is 1.71. The molecule has 2 saturated carbocycles. The number of Topliss-reactive ketones (excluding diaryl/α,β-unsaturated/α-hetero) is 4. The maximum absolute atomic E-state index is 14.0. The van der Waals surface area contributed by atoms with Gasteiger partial charge in [-0.2, -0.15) is 13.2 Å². The van der Waals surface area contributed by atoms with Gasteiger partial charge in [-0.25, -0.2) is 0 Å². The molecule has 0 radical (unpaired) electrons. The van der Waals surface area contributed by atoms with E-state index in [1.165, 1.54) is 6.92 Å². The highest BCUT2D eigenvalue weighted by Crippen LogP contribution is 2.54. The highest BCUT2D eigenvalue weighted by atomic mass is 19.4. The minimum Gasteiger partial charge on any atom is -0.507 e. The number of primary amides is 1. The lowest BCUT2D eigenvalue weighted by Gasteiger charge is -2.52. The summed E-state index contributed by atoms with van der Waals surface area (Å²) in [6.45, 7) is 4.46. The average molecular weight is 596 g/mol. The average Bonchev–Trinajstić information content (AvgIpc) is 2.84. The quantitative estimate of drug-likeness (QED) is 0.343. The van der Waals surface area contributed by atoms with Crippen LogP contribution in [0.5, 0.6) is 5.75 Å². The highest BCUT2D eigenvalue weighted by molar-refractivity contribution is 6.32. The number of alkyl halides is 3. The molecule has 4 rings (SSSR count). The van der Waals surface area contributed by atoms with Crippen LogP contribution in [-0.4, -0.2) is 71.2 Å². The molecule has 0 bridgehead atoms. The largest absolute Gasteiger partial charge is 0.507 e. The lowest BCUT2D eigenvalue weighted by molar-refractivity contribution is -0.182. The van der Waals surface area contributed by atoms with Crippen LogP contribution in [0, 0.1) is 35.5 Å². The van der Waals surface area contributed by atoms with E-state index in [0.29, 0.717) is 11.3 Å². The zero-order valence-electron chi connectivity index (χ0n) is 24.0. The molecule has 0 heterocycles. The van der Waals surface area contributed by atoms with Crippen molar-refractivity contribution in [3.8, 4) is 5.75 Å². The van der Waals surface area contributed by atoms with Gasteiger partial charge in [-0.3, -0.25) is 24.0 Å². The van der Waals surface area contributed by atoms with Crippen LogP contribution in [-0.2, 0) is 32.1 Å².